The number of unbranched alkanes of at least 4 members (excludes halogenated alkanes) is 1. The van der Waals surface area contributed by atoms with Gasteiger partial charge in [-0.15, -0.1) is 0 Å². The van der Waals surface area contributed by atoms with Crippen LogP contribution in [0.4, 0.5) is 0 Å². The van der Waals surface area contributed by atoms with E-state index in [0.717, 1.165) is 37.7 Å². The van der Waals surface area contributed by atoms with Gasteiger partial charge in [-0.2, -0.15) is 0 Å². The van der Waals surface area contributed by atoms with Gasteiger partial charge in [-0.1, -0.05) is 39.7 Å². The average molecular weight is 419 g/mol. The van der Waals surface area contributed by atoms with Crippen molar-refractivity contribution in [2.45, 2.75) is 83.3 Å². The second-order valence-corrected chi connectivity index (χ2v) is 8.48. The lowest BCUT2D eigenvalue weighted by atomic mass is 9.62. The zero-order valence-corrected chi connectivity index (χ0v) is 18.9. The maximum Gasteiger partial charge on any atom is 0.306 e. The van der Waals surface area contributed by atoms with E-state index in [1.807, 2.05) is 12.1 Å². The monoisotopic (exact) mass is 418 g/mol. The first-order chi connectivity index (χ1) is 14.3. The normalized spacial score (nSPS) is 21.1. The number of benzene rings is 1. The topological polar surface area (TPSA) is 102 Å². The molecule has 0 aliphatic heterocycles. The van der Waals surface area contributed by atoms with Crippen LogP contribution in [0.15, 0.2) is 18.2 Å². The van der Waals surface area contributed by atoms with Crippen molar-refractivity contribution in [3.8, 4) is 0 Å². The number of nitrogens with two attached hydrogens (primary N) is 1. The van der Waals surface area contributed by atoms with Crippen LogP contribution in [0, 0.1) is 5.92 Å². The van der Waals surface area contributed by atoms with Crippen LogP contribution in [0.25, 0.3) is 0 Å². The van der Waals surface area contributed by atoms with E-state index in [1.54, 1.807) is 13.2 Å². The highest BCUT2D eigenvalue weighted by Gasteiger charge is 2.46. The number of amides is 1. The zero-order chi connectivity index (χ0) is 22.3. The molecule has 0 spiro atoms. The number of carboxylic acids is 1. The van der Waals surface area contributed by atoms with Crippen LogP contribution >= 0.6 is 0 Å². The van der Waals surface area contributed by atoms with Crippen LogP contribution < -0.4 is 11.1 Å². The fourth-order valence-electron chi connectivity index (χ4n) is 5.10. The molecule has 3 atom stereocenters. The van der Waals surface area contributed by atoms with E-state index in [-0.39, 0.29) is 23.5 Å². The van der Waals surface area contributed by atoms with Gasteiger partial charge in [0, 0.05) is 30.6 Å². The third-order valence-corrected chi connectivity index (χ3v) is 7.00. The molecule has 0 fully saturated rings. The summed E-state index contributed by atoms with van der Waals surface area (Å²) in [5, 5.41) is 13.2. The Morgan fingerprint density at radius 3 is 2.50 bits per heavy atom. The van der Waals surface area contributed by atoms with Gasteiger partial charge in [0.15, 0.2) is 0 Å². The van der Waals surface area contributed by atoms with Crippen LogP contribution in [-0.2, 0) is 21.4 Å². The van der Waals surface area contributed by atoms with Crippen molar-refractivity contribution >= 4 is 11.9 Å². The van der Waals surface area contributed by atoms with E-state index >= 15 is 0 Å². The molecule has 1 aliphatic rings. The lowest BCUT2D eigenvalue weighted by Crippen LogP contribution is -2.59. The van der Waals surface area contributed by atoms with Crippen LogP contribution in [0.3, 0.4) is 0 Å². The van der Waals surface area contributed by atoms with Gasteiger partial charge in [-0.3, -0.25) is 9.59 Å². The summed E-state index contributed by atoms with van der Waals surface area (Å²) >= 11 is 0. The molecule has 168 valence electrons. The number of carbonyl (C=O) groups is 2. The molecule has 0 unspecified atom stereocenters. The molecular formula is C24H38N2O4. The zero-order valence-electron chi connectivity index (χ0n) is 18.9. The molecule has 1 amide bonds. The fourth-order valence-corrected chi connectivity index (χ4v) is 5.10. The molecule has 1 aromatic rings. The Balaban J connectivity index is 2.31. The van der Waals surface area contributed by atoms with Crippen molar-refractivity contribution < 1.29 is 19.4 Å². The summed E-state index contributed by atoms with van der Waals surface area (Å²) in [6.07, 6.45) is 5.74. The molecule has 6 heteroatoms. The van der Waals surface area contributed by atoms with E-state index in [4.69, 9.17) is 10.5 Å². The summed E-state index contributed by atoms with van der Waals surface area (Å²) in [6.45, 7) is 7.03. The Kier molecular flexibility index (Phi) is 8.86. The van der Waals surface area contributed by atoms with Crippen molar-refractivity contribution in [3.63, 3.8) is 0 Å². The number of hydrogen-bond donors (Lipinski definition) is 3. The quantitative estimate of drug-likeness (QED) is 0.481. The summed E-state index contributed by atoms with van der Waals surface area (Å²) in [4.78, 5) is 23.4. The largest absolute Gasteiger partial charge is 0.481 e. The molecular weight excluding hydrogens is 380 g/mol. The number of primary amides is 1. The molecule has 0 bridgehead atoms. The summed E-state index contributed by atoms with van der Waals surface area (Å²) in [5.74, 6) is -1.46. The Morgan fingerprint density at radius 2 is 1.97 bits per heavy atom. The van der Waals surface area contributed by atoms with Crippen molar-refractivity contribution in [2.75, 3.05) is 13.7 Å². The molecule has 0 saturated heterocycles. The van der Waals surface area contributed by atoms with E-state index in [1.165, 1.54) is 5.56 Å². The number of aliphatic carboxylic acids is 1. The van der Waals surface area contributed by atoms with E-state index in [0.29, 0.717) is 24.9 Å². The van der Waals surface area contributed by atoms with Gasteiger partial charge in [0.05, 0.1) is 12.0 Å². The first-order valence-electron chi connectivity index (χ1n) is 11.3. The van der Waals surface area contributed by atoms with Crippen molar-refractivity contribution in [2.24, 2.45) is 11.7 Å². The summed E-state index contributed by atoms with van der Waals surface area (Å²) in [7, 11) is 1.74. The number of ether oxygens (including phenoxy) is 1. The average Bonchev–Trinajstić information content (AvgIpc) is 2.74. The predicted octanol–water partition coefficient (Wildman–Crippen LogP) is 3.65. The SMILES string of the molecule is CCCC[C@H](CCN[C@@H]1[C@H](OC)Cc2ccc(C(N)=O)cc2C1(CC)CC)C(=O)O. The Bertz CT molecular complexity index is 730. The maximum atomic E-state index is 11.8. The lowest BCUT2D eigenvalue weighted by Gasteiger charge is -2.49. The minimum Gasteiger partial charge on any atom is -0.481 e. The summed E-state index contributed by atoms with van der Waals surface area (Å²) < 4.78 is 5.90. The summed E-state index contributed by atoms with van der Waals surface area (Å²) in [6, 6.07) is 5.78. The molecule has 6 nitrogen and oxygen atoms in total. The highest BCUT2D eigenvalue weighted by atomic mass is 16.5. The van der Waals surface area contributed by atoms with Crippen LogP contribution in [0.1, 0.15) is 80.8 Å². The Morgan fingerprint density at radius 1 is 1.27 bits per heavy atom. The second kappa shape index (κ2) is 10.9. The minimum atomic E-state index is -0.717. The van der Waals surface area contributed by atoms with Gasteiger partial charge in [0.1, 0.15) is 0 Å². The Hall–Kier alpha value is -1.92. The molecule has 0 radical (unpaired) electrons. The molecule has 0 heterocycles. The van der Waals surface area contributed by atoms with E-state index in [9.17, 15) is 14.7 Å². The number of fused-ring (bicyclic) bond motifs is 1. The van der Waals surface area contributed by atoms with Crippen molar-refractivity contribution in [1.29, 1.82) is 0 Å². The smallest absolute Gasteiger partial charge is 0.306 e. The van der Waals surface area contributed by atoms with Crippen LogP contribution in [-0.4, -0.2) is 42.8 Å². The van der Waals surface area contributed by atoms with E-state index < -0.39 is 11.9 Å². The first kappa shape index (κ1) is 24.4. The van der Waals surface area contributed by atoms with Gasteiger partial charge >= 0.3 is 5.97 Å². The van der Waals surface area contributed by atoms with Gasteiger partial charge in [0.2, 0.25) is 5.91 Å². The molecule has 0 aromatic heterocycles. The number of rotatable bonds is 12. The van der Waals surface area contributed by atoms with Crippen LogP contribution in [0.5, 0.6) is 0 Å². The van der Waals surface area contributed by atoms with Crippen molar-refractivity contribution in [1.82, 2.24) is 5.32 Å². The second-order valence-electron chi connectivity index (χ2n) is 8.48. The highest BCUT2D eigenvalue weighted by molar-refractivity contribution is 5.93. The lowest BCUT2D eigenvalue weighted by molar-refractivity contribution is -0.142. The van der Waals surface area contributed by atoms with Gasteiger partial charge in [0.25, 0.3) is 0 Å². The third kappa shape index (κ3) is 5.03. The van der Waals surface area contributed by atoms with Gasteiger partial charge < -0.3 is 20.9 Å². The molecule has 2 rings (SSSR count). The predicted molar refractivity (Wildman–Crippen MR) is 119 cm³/mol. The fraction of sp³-hybridized carbons (Fsp3) is 0.667. The van der Waals surface area contributed by atoms with Gasteiger partial charge in [-0.25, -0.2) is 0 Å². The molecule has 1 aliphatic carbocycles. The highest BCUT2D eigenvalue weighted by Crippen LogP contribution is 2.44. The van der Waals surface area contributed by atoms with E-state index in [2.05, 4.69) is 26.1 Å². The first-order valence-corrected chi connectivity index (χ1v) is 11.3. The number of carbonyl (C=O) groups excluding carboxylic acids is 1. The Labute approximate surface area is 180 Å². The summed E-state index contributed by atoms with van der Waals surface area (Å²) in [5.41, 5.74) is 8.23. The number of hydrogen-bond acceptors (Lipinski definition) is 4. The number of carboxylic acid groups (broad SMARTS) is 1. The maximum absolute atomic E-state index is 11.8. The molecule has 4 N–H and O–H groups in total. The number of methoxy groups -OCH3 is 1. The minimum absolute atomic E-state index is 0.0178. The molecule has 30 heavy (non-hydrogen) atoms. The standard InChI is InChI=1S/C24H38N2O4/c1-5-8-9-16(23(28)29)12-13-26-21-20(30-4)15-17-10-11-18(22(25)27)14-19(17)24(21,6-2)7-3/h10-11,14,16,20-21,26H,5-9,12-13,15H2,1-4H3,(H2,25,27)(H,28,29)/t16-,20-,21-/m1/s1. The van der Waals surface area contributed by atoms with Crippen molar-refractivity contribution in [3.05, 3.63) is 34.9 Å². The van der Waals surface area contributed by atoms with Gasteiger partial charge in [-0.05, 0) is 55.5 Å². The third-order valence-electron chi connectivity index (χ3n) is 7.00. The van der Waals surface area contributed by atoms with Crippen LogP contribution in [0.2, 0.25) is 0 Å². The molecule has 0 saturated carbocycles. The number of nitrogens with one attached hydrogen (secondary N) is 1. The molecule has 1 aromatic carbocycles.